The van der Waals surface area contributed by atoms with Gasteiger partial charge in [-0.2, -0.15) is 0 Å². The lowest BCUT2D eigenvalue weighted by Crippen LogP contribution is -2.54. The number of rotatable bonds is 5. The Hall–Kier alpha value is -0.270. The van der Waals surface area contributed by atoms with Crippen LogP contribution in [0.15, 0.2) is 0 Å². The first-order valence-electron chi connectivity index (χ1n) is 3.26. The third-order valence-electron chi connectivity index (χ3n) is 0.829. The van der Waals surface area contributed by atoms with Gasteiger partial charge in [0.1, 0.15) is 0 Å². The summed E-state index contributed by atoms with van der Waals surface area (Å²) < 4.78 is 64.7. The van der Waals surface area contributed by atoms with Gasteiger partial charge in [-0.05, 0) is 4.52 Å². The maximum absolute atomic E-state index is 11.0. The predicted octanol–water partition coefficient (Wildman–Crippen LogP) is -2.82. The van der Waals surface area contributed by atoms with Crippen molar-refractivity contribution in [3.8, 4) is 0 Å². The van der Waals surface area contributed by atoms with Gasteiger partial charge in [-0.25, -0.2) is 25.3 Å². The van der Waals surface area contributed by atoms with E-state index in [1.54, 1.807) is 0 Å². The van der Waals surface area contributed by atoms with E-state index < -0.39 is 30.1 Å². The van der Waals surface area contributed by atoms with Crippen LogP contribution in [0.25, 0.3) is 0 Å². The average Bonchev–Trinajstić information content (AvgIpc) is 1.75. The lowest BCUT2D eigenvalue weighted by atomic mass is 12.0. The van der Waals surface area contributed by atoms with Gasteiger partial charge in [-0.3, -0.25) is 0 Å². The van der Waals surface area contributed by atoms with Crippen LogP contribution in [0.1, 0.15) is 0 Å². The molecule has 0 saturated carbocycles. The molecule has 0 radical (unpaired) electrons. The number of nitrogens with zero attached hydrogens (tertiary/aromatic N) is 1. The van der Waals surface area contributed by atoms with Crippen molar-refractivity contribution in [2.45, 2.75) is 0 Å². The van der Waals surface area contributed by atoms with E-state index in [9.17, 15) is 25.3 Å². The summed E-state index contributed by atoms with van der Waals surface area (Å²) in [5.74, 6) is 0. The largest absolute Gasteiger partial charge is 0.239 e. The molecule has 0 rings (SSSR count). The Morgan fingerprint density at radius 3 is 1.13 bits per heavy atom. The van der Waals surface area contributed by atoms with Gasteiger partial charge in [0.05, 0.1) is 18.8 Å². The Morgan fingerprint density at radius 1 is 0.733 bits per heavy atom. The second kappa shape index (κ2) is 4.31. The van der Waals surface area contributed by atoms with E-state index in [0.717, 1.165) is 0 Å². The molecule has 2 N–H and O–H groups in total. The molecule has 0 saturated heterocycles. The van der Waals surface area contributed by atoms with Crippen LogP contribution < -0.4 is 9.66 Å². The SMILES string of the molecule is CS(=O)(=O)NN(NS(C)(=O)=O)S(C)(=O)=O. The topological polar surface area (TPSA) is 130 Å². The van der Waals surface area contributed by atoms with Crippen LogP contribution in [0.3, 0.4) is 0 Å². The maximum atomic E-state index is 11.0. The van der Waals surface area contributed by atoms with Crippen LogP contribution >= 0.6 is 0 Å². The highest BCUT2D eigenvalue weighted by molar-refractivity contribution is 7.93. The lowest BCUT2D eigenvalue weighted by molar-refractivity contribution is 0.349. The zero-order chi connectivity index (χ0) is 12.5. The van der Waals surface area contributed by atoms with E-state index in [1.165, 1.54) is 9.66 Å². The molecule has 0 fully saturated rings. The number of hydrogen-bond donors (Lipinski definition) is 2. The summed E-state index contributed by atoms with van der Waals surface area (Å²) in [4.78, 5) is 2.96. The van der Waals surface area contributed by atoms with Crippen LogP contribution in [0, 0.1) is 0 Å². The van der Waals surface area contributed by atoms with Gasteiger partial charge in [0, 0.05) is 0 Å². The van der Waals surface area contributed by atoms with Gasteiger partial charge in [-0.15, -0.1) is 9.66 Å². The van der Waals surface area contributed by atoms with E-state index in [4.69, 9.17) is 0 Å². The molecular formula is C3H11N3O6S3. The Balaban J connectivity index is 5.12. The molecule has 92 valence electrons. The molecule has 0 aliphatic heterocycles. The van der Waals surface area contributed by atoms with Crippen molar-refractivity contribution in [1.82, 2.24) is 14.2 Å². The molecule has 0 aromatic rings. The van der Waals surface area contributed by atoms with Gasteiger partial charge >= 0.3 is 0 Å². The first-order chi connectivity index (χ1) is 6.31. The summed E-state index contributed by atoms with van der Waals surface area (Å²) in [5, 5.41) is 0. The highest BCUT2D eigenvalue weighted by atomic mass is 32.2. The molecular weight excluding hydrogens is 270 g/mol. The first-order valence-corrected chi connectivity index (χ1v) is 8.89. The highest BCUT2D eigenvalue weighted by Gasteiger charge is 2.23. The zero-order valence-corrected chi connectivity index (χ0v) is 10.6. The summed E-state index contributed by atoms with van der Waals surface area (Å²) >= 11 is 0. The van der Waals surface area contributed by atoms with Crippen LogP contribution in [0.4, 0.5) is 0 Å². The molecule has 9 nitrogen and oxygen atoms in total. The summed E-state index contributed by atoms with van der Waals surface area (Å²) in [6.45, 7) is 0. The quantitative estimate of drug-likeness (QED) is 0.523. The molecule has 0 aliphatic carbocycles. The molecule has 0 unspecified atom stereocenters. The Bertz CT molecular complexity index is 481. The fraction of sp³-hybridized carbons (Fsp3) is 1.00. The third kappa shape index (κ3) is 7.64. The normalized spacial score (nSPS) is 14.4. The minimum absolute atomic E-state index is 0.0995. The molecule has 0 heterocycles. The zero-order valence-electron chi connectivity index (χ0n) is 8.12. The summed E-state index contributed by atoms with van der Waals surface area (Å²) in [7, 11) is -11.9. The van der Waals surface area contributed by atoms with Crippen molar-refractivity contribution >= 4 is 30.1 Å². The van der Waals surface area contributed by atoms with Crippen LogP contribution in [0.2, 0.25) is 0 Å². The summed E-state index contributed by atoms with van der Waals surface area (Å²) in [6.07, 6.45) is 1.98. The average molecular weight is 281 g/mol. The van der Waals surface area contributed by atoms with Crippen LogP contribution in [0.5, 0.6) is 0 Å². The van der Waals surface area contributed by atoms with Crippen LogP contribution in [-0.4, -0.2) is 48.5 Å². The van der Waals surface area contributed by atoms with Crippen molar-refractivity contribution in [3.63, 3.8) is 0 Å². The highest BCUT2D eigenvalue weighted by Crippen LogP contribution is 1.92. The van der Waals surface area contributed by atoms with Crippen molar-refractivity contribution in [1.29, 1.82) is 0 Å². The molecule has 15 heavy (non-hydrogen) atoms. The van der Waals surface area contributed by atoms with E-state index in [0.29, 0.717) is 18.8 Å². The van der Waals surface area contributed by atoms with Gasteiger partial charge in [-0.1, -0.05) is 0 Å². The molecule has 12 heteroatoms. The van der Waals surface area contributed by atoms with Crippen LogP contribution in [-0.2, 0) is 30.1 Å². The molecule has 0 atom stereocenters. The Kier molecular flexibility index (Phi) is 4.23. The van der Waals surface area contributed by atoms with Crippen molar-refractivity contribution in [3.05, 3.63) is 0 Å². The first kappa shape index (κ1) is 14.7. The van der Waals surface area contributed by atoms with Crippen molar-refractivity contribution in [2.75, 3.05) is 18.8 Å². The second-order valence-corrected chi connectivity index (χ2v) is 8.04. The Morgan fingerprint density at radius 2 is 1.00 bits per heavy atom. The standard InChI is InChI=1S/C3H11N3O6S3/c1-13(7,8)4-6(15(3,11)12)5-14(2,9)10/h4-5H,1-3H3. The van der Waals surface area contributed by atoms with E-state index in [-0.39, 0.29) is 4.52 Å². The van der Waals surface area contributed by atoms with Gasteiger partial charge < -0.3 is 0 Å². The minimum atomic E-state index is -4.08. The van der Waals surface area contributed by atoms with E-state index >= 15 is 0 Å². The fourth-order valence-electron chi connectivity index (χ4n) is 0.455. The monoisotopic (exact) mass is 281 g/mol. The number of nitrogens with one attached hydrogen (secondary N) is 2. The maximum Gasteiger partial charge on any atom is 0.239 e. The third-order valence-corrected chi connectivity index (χ3v) is 2.93. The number of sulfonamides is 3. The van der Waals surface area contributed by atoms with E-state index in [1.807, 2.05) is 0 Å². The summed E-state index contributed by atoms with van der Waals surface area (Å²) in [5.41, 5.74) is 0. The molecule has 0 spiro atoms. The minimum Gasteiger partial charge on any atom is -0.211 e. The van der Waals surface area contributed by atoms with E-state index in [2.05, 4.69) is 0 Å². The van der Waals surface area contributed by atoms with Gasteiger partial charge in [0.25, 0.3) is 0 Å². The predicted molar refractivity (Wildman–Crippen MR) is 52.6 cm³/mol. The molecule has 0 aromatic heterocycles. The summed E-state index contributed by atoms with van der Waals surface area (Å²) in [6, 6.07) is 0. The Labute approximate surface area is 88.6 Å². The van der Waals surface area contributed by atoms with Gasteiger partial charge in [0.2, 0.25) is 30.1 Å². The smallest absolute Gasteiger partial charge is 0.211 e. The number of hydrazine groups is 2. The molecule has 0 amide bonds. The second-order valence-electron chi connectivity index (χ2n) is 2.75. The molecule has 0 bridgehead atoms. The number of hydrogen-bond acceptors (Lipinski definition) is 6. The lowest BCUT2D eigenvalue weighted by Gasteiger charge is -2.18. The van der Waals surface area contributed by atoms with Gasteiger partial charge in [0.15, 0.2) is 0 Å². The van der Waals surface area contributed by atoms with Crippen molar-refractivity contribution in [2.24, 2.45) is 0 Å². The van der Waals surface area contributed by atoms with Crippen molar-refractivity contribution < 1.29 is 25.3 Å². The fourth-order valence-corrected chi connectivity index (χ4v) is 3.10. The molecule has 0 aliphatic rings. The molecule has 0 aromatic carbocycles.